The third-order valence-electron chi connectivity index (χ3n) is 5.33. The number of anilines is 1. The molecule has 1 unspecified atom stereocenters. The summed E-state index contributed by atoms with van der Waals surface area (Å²) < 4.78 is 0. The lowest BCUT2D eigenvalue weighted by Gasteiger charge is -2.34. The number of likely N-dealkylation sites (tertiary alicyclic amines) is 1. The first-order valence-electron chi connectivity index (χ1n) is 10.7. The monoisotopic (exact) mass is 446 g/mol. The van der Waals surface area contributed by atoms with Gasteiger partial charge in [-0.25, -0.2) is 9.97 Å². The number of carbonyl (C=O) groups excluding carboxylic acids is 2. The van der Waals surface area contributed by atoms with Gasteiger partial charge in [0.25, 0.3) is 5.91 Å². The van der Waals surface area contributed by atoms with Gasteiger partial charge in [-0.05, 0) is 74.3 Å². The third kappa shape index (κ3) is 5.34. The molecule has 4 rings (SSSR count). The number of aromatic nitrogens is 2. The van der Waals surface area contributed by atoms with Gasteiger partial charge >= 0.3 is 0 Å². The van der Waals surface area contributed by atoms with Gasteiger partial charge in [0.1, 0.15) is 6.04 Å². The standard InChI is InChI=1S/C25H26N4O2S/c1-17-16-18(2)27-25(26-17)32-21-13-11-20(12-14-21)28-24(31)23(19-8-4-3-5-9-19)29-15-7-6-10-22(29)30/h3-5,8-9,11-14,16,23H,6-7,10,15H2,1-2H3,(H,28,31). The van der Waals surface area contributed by atoms with Crippen LogP contribution in [0.4, 0.5) is 5.69 Å². The molecule has 0 bridgehead atoms. The van der Waals surface area contributed by atoms with Crippen LogP contribution in [0, 0.1) is 13.8 Å². The molecule has 3 aromatic rings. The number of hydrogen-bond acceptors (Lipinski definition) is 5. The Morgan fingerprint density at radius 1 is 1.00 bits per heavy atom. The number of carbonyl (C=O) groups is 2. The van der Waals surface area contributed by atoms with E-state index in [4.69, 9.17) is 0 Å². The normalized spacial score (nSPS) is 14.8. The molecular weight excluding hydrogens is 420 g/mol. The molecule has 1 fully saturated rings. The zero-order valence-electron chi connectivity index (χ0n) is 18.2. The van der Waals surface area contributed by atoms with E-state index in [1.165, 1.54) is 11.8 Å². The lowest BCUT2D eigenvalue weighted by molar-refractivity contribution is -0.141. The predicted molar refractivity (Wildman–Crippen MR) is 125 cm³/mol. The smallest absolute Gasteiger partial charge is 0.251 e. The van der Waals surface area contributed by atoms with Crippen LogP contribution in [-0.4, -0.2) is 33.2 Å². The Bertz CT molecular complexity index is 1080. The van der Waals surface area contributed by atoms with Gasteiger partial charge in [-0.15, -0.1) is 0 Å². The Balaban J connectivity index is 1.50. The van der Waals surface area contributed by atoms with E-state index in [-0.39, 0.29) is 11.8 Å². The second kappa shape index (κ2) is 9.96. The molecule has 0 saturated carbocycles. The number of hydrogen-bond donors (Lipinski definition) is 1. The van der Waals surface area contributed by atoms with E-state index >= 15 is 0 Å². The quantitative estimate of drug-likeness (QED) is 0.543. The molecule has 1 aliphatic heterocycles. The van der Waals surface area contributed by atoms with E-state index in [1.54, 1.807) is 4.90 Å². The van der Waals surface area contributed by atoms with Gasteiger partial charge in [0, 0.05) is 34.9 Å². The van der Waals surface area contributed by atoms with Crippen molar-refractivity contribution < 1.29 is 9.59 Å². The highest BCUT2D eigenvalue weighted by Gasteiger charge is 2.32. The van der Waals surface area contributed by atoms with E-state index in [2.05, 4.69) is 15.3 Å². The molecule has 2 heterocycles. The summed E-state index contributed by atoms with van der Waals surface area (Å²) in [6, 6.07) is 18.4. The Morgan fingerprint density at radius 3 is 2.34 bits per heavy atom. The van der Waals surface area contributed by atoms with Crippen LogP contribution in [0.2, 0.25) is 0 Å². The largest absolute Gasteiger partial charge is 0.327 e. The van der Waals surface area contributed by atoms with Crippen molar-refractivity contribution in [3.05, 3.63) is 77.6 Å². The van der Waals surface area contributed by atoms with Gasteiger partial charge < -0.3 is 10.2 Å². The number of nitrogens with zero attached hydrogens (tertiary/aromatic N) is 3. The van der Waals surface area contributed by atoms with E-state index in [9.17, 15) is 9.59 Å². The summed E-state index contributed by atoms with van der Waals surface area (Å²) >= 11 is 1.48. The third-order valence-corrected chi connectivity index (χ3v) is 6.20. The van der Waals surface area contributed by atoms with Gasteiger partial charge in [-0.2, -0.15) is 0 Å². The lowest BCUT2D eigenvalue weighted by atomic mass is 10.0. The van der Waals surface area contributed by atoms with Crippen LogP contribution in [0.3, 0.4) is 0 Å². The first kappa shape index (κ1) is 22.0. The van der Waals surface area contributed by atoms with Crippen molar-refractivity contribution in [3.8, 4) is 0 Å². The van der Waals surface area contributed by atoms with Crippen molar-refractivity contribution in [2.45, 2.75) is 49.2 Å². The van der Waals surface area contributed by atoms with Crippen molar-refractivity contribution in [2.24, 2.45) is 0 Å². The van der Waals surface area contributed by atoms with Crippen LogP contribution >= 0.6 is 11.8 Å². The maximum atomic E-state index is 13.3. The molecule has 1 atom stereocenters. The van der Waals surface area contributed by atoms with Gasteiger partial charge in [-0.3, -0.25) is 9.59 Å². The predicted octanol–water partition coefficient (Wildman–Crippen LogP) is 4.94. The summed E-state index contributed by atoms with van der Waals surface area (Å²) in [5.41, 5.74) is 3.37. The van der Waals surface area contributed by atoms with Crippen LogP contribution in [0.15, 0.2) is 70.7 Å². The minimum atomic E-state index is -0.637. The molecule has 0 spiro atoms. The Kier molecular flexibility index (Phi) is 6.85. The van der Waals surface area contributed by atoms with Crippen molar-refractivity contribution >= 4 is 29.3 Å². The number of nitrogens with one attached hydrogen (secondary N) is 1. The van der Waals surface area contributed by atoms with Gasteiger partial charge in [0.2, 0.25) is 5.91 Å². The summed E-state index contributed by atoms with van der Waals surface area (Å²) in [6.07, 6.45) is 2.28. The molecule has 1 aromatic heterocycles. The minimum Gasteiger partial charge on any atom is -0.327 e. The van der Waals surface area contributed by atoms with Crippen LogP contribution in [0.1, 0.15) is 42.3 Å². The molecule has 1 saturated heterocycles. The van der Waals surface area contributed by atoms with Crippen LogP contribution in [-0.2, 0) is 9.59 Å². The number of aryl methyl sites for hydroxylation is 2. The summed E-state index contributed by atoms with van der Waals surface area (Å²) in [7, 11) is 0. The highest BCUT2D eigenvalue weighted by atomic mass is 32.2. The molecule has 32 heavy (non-hydrogen) atoms. The van der Waals surface area contributed by atoms with Gasteiger partial charge in [-0.1, -0.05) is 30.3 Å². The van der Waals surface area contributed by atoms with E-state index in [1.807, 2.05) is 74.5 Å². The fraction of sp³-hybridized carbons (Fsp3) is 0.280. The fourth-order valence-electron chi connectivity index (χ4n) is 3.87. The van der Waals surface area contributed by atoms with Crippen molar-refractivity contribution in [1.82, 2.24) is 14.9 Å². The Labute approximate surface area is 192 Å². The molecule has 1 aliphatic rings. The van der Waals surface area contributed by atoms with Crippen molar-refractivity contribution in [2.75, 3.05) is 11.9 Å². The first-order valence-corrected chi connectivity index (χ1v) is 11.6. The van der Waals surface area contributed by atoms with Crippen LogP contribution < -0.4 is 5.32 Å². The number of rotatable bonds is 6. The zero-order valence-corrected chi connectivity index (χ0v) is 19.1. The van der Waals surface area contributed by atoms with Crippen LogP contribution in [0.25, 0.3) is 0 Å². The van der Waals surface area contributed by atoms with Gasteiger partial charge in [0.15, 0.2) is 5.16 Å². The molecule has 2 aromatic carbocycles. The second-order valence-electron chi connectivity index (χ2n) is 7.91. The van der Waals surface area contributed by atoms with Crippen molar-refractivity contribution in [1.29, 1.82) is 0 Å². The minimum absolute atomic E-state index is 0.0282. The maximum absolute atomic E-state index is 13.3. The highest BCUT2D eigenvalue weighted by Crippen LogP contribution is 2.29. The Hall–Kier alpha value is -3.19. The van der Waals surface area contributed by atoms with E-state index in [0.29, 0.717) is 23.8 Å². The van der Waals surface area contributed by atoms with Crippen LogP contribution in [0.5, 0.6) is 0 Å². The molecule has 2 amide bonds. The average Bonchev–Trinajstić information content (AvgIpc) is 2.77. The SMILES string of the molecule is Cc1cc(C)nc(Sc2ccc(NC(=O)C(c3ccccc3)N3CCCCC3=O)cc2)n1. The lowest BCUT2D eigenvalue weighted by Crippen LogP contribution is -2.43. The van der Waals surface area contributed by atoms with E-state index < -0.39 is 6.04 Å². The molecular formula is C25H26N4O2S. The molecule has 0 radical (unpaired) electrons. The number of benzene rings is 2. The van der Waals surface area contributed by atoms with E-state index in [0.717, 1.165) is 34.7 Å². The molecule has 1 N–H and O–H groups in total. The van der Waals surface area contributed by atoms with Crippen molar-refractivity contribution in [3.63, 3.8) is 0 Å². The second-order valence-corrected chi connectivity index (χ2v) is 8.95. The highest BCUT2D eigenvalue weighted by molar-refractivity contribution is 7.99. The average molecular weight is 447 g/mol. The summed E-state index contributed by atoms with van der Waals surface area (Å²) in [5, 5.41) is 3.70. The summed E-state index contributed by atoms with van der Waals surface area (Å²) in [5.74, 6) is -0.176. The molecule has 0 aliphatic carbocycles. The maximum Gasteiger partial charge on any atom is 0.251 e. The molecule has 7 heteroatoms. The summed E-state index contributed by atoms with van der Waals surface area (Å²) in [6.45, 7) is 4.50. The Morgan fingerprint density at radius 2 is 1.69 bits per heavy atom. The number of amides is 2. The topological polar surface area (TPSA) is 75.2 Å². The fourth-order valence-corrected chi connectivity index (χ4v) is 4.73. The molecule has 164 valence electrons. The number of piperidine rings is 1. The zero-order chi connectivity index (χ0) is 22.5. The van der Waals surface area contributed by atoms with Gasteiger partial charge in [0.05, 0.1) is 0 Å². The molecule has 6 nitrogen and oxygen atoms in total. The first-order chi connectivity index (χ1) is 15.5. The summed E-state index contributed by atoms with van der Waals surface area (Å²) in [4.78, 5) is 37.5.